The van der Waals surface area contributed by atoms with E-state index in [1.165, 1.54) is 18.6 Å². The predicted molar refractivity (Wildman–Crippen MR) is 114 cm³/mol. The Bertz CT molecular complexity index is 815. The number of rotatable bonds is 8. The Kier molecular flexibility index (Phi) is 8.65. The molecule has 3 rings (SSSR count). The molecule has 1 saturated heterocycles. The Balaban J connectivity index is 1.42. The van der Waals surface area contributed by atoms with Crippen molar-refractivity contribution in [2.45, 2.75) is 80.6 Å². The molecule has 2 aliphatic rings. The summed E-state index contributed by atoms with van der Waals surface area (Å²) >= 11 is 0. The minimum atomic E-state index is -3.72. The highest BCUT2D eigenvalue weighted by Gasteiger charge is 2.32. The zero-order chi connectivity index (χ0) is 22.3. The van der Waals surface area contributed by atoms with Gasteiger partial charge in [-0.25, -0.2) is 22.3 Å². The van der Waals surface area contributed by atoms with Crippen LogP contribution in [0.25, 0.3) is 0 Å². The zero-order valence-electron chi connectivity index (χ0n) is 17.6. The number of nitrogens with one attached hydrogen (secondary N) is 3. The molecule has 2 amide bonds. The molecule has 174 valence electrons. The standard InChI is InChI=1S/C21H32FN3O5S/c22-15-6-9-18(10-7-15)31(28,29)23-13-12-17-8-11-19(20(14-26)30-17)25-21(27)24-16-4-2-1-3-5-16/h6-7,9-10,16-17,19-20,23,26H,1-5,8,11-14H2,(H2,24,25,27)/t17-,19-,20+/m1/s1. The van der Waals surface area contributed by atoms with E-state index < -0.39 is 21.9 Å². The van der Waals surface area contributed by atoms with Crippen molar-refractivity contribution in [1.29, 1.82) is 0 Å². The van der Waals surface area contributed by atoms with Crippen molar-refractivity contribution in [3.05, 3.63) is 30.1 Å². The van der Waals surface area contributed by atoms with E-state index >= 15 is 0 Å². The maximum Gasteiger partial charge on any atom is 0.315 e. The number of hydrogen-bond donors (Lipinski definition) is 4. The summed E-state index contributed by atoms with van der Waals surface area (Å²) in [5, 5.41) is 15.6. The van der Waals surface area contributed by atoms with Gasteiger partial charge in [0.05, 0.1) is 23.6 Å². The number of carbonyl (C=O) groups is 1. The Labute approximate surface area is 183 Å². The van der Waals surface area contributed by atoms with Crippen LogP contribution in [-0.4, -0.2) is 57.0 Å². The minimum absolute atomic E-state index is 0.0000560. The molecule has 3 atom stereocenters. The summed E-state index contributed by atoms with van der Waals surface area (Å²) in [6.45, 7) is -0.0744. The summed E-state index contributed by atoms with van der Waals surface area (Å²) in [5.41, 5.74) is 0. The summed E-state index contributed by atoms with van der Waals surface area (Å²) in [5.74, 6) is -0.500. The lowest BCUT2D eigenvalue weighted by Gasteiger charge is -2.36. The summed E-state index contributed by atoms with van der Waals surface area (Å²) in [7, 11) is -3.72. The van der Waals surface area contributed by atoms with Crippen molar-refractivity contribution >= 4 is 16.1 Å². The van der Waals surface area contributed by atoms with Gasteiger partial charge in [-0.3, -0.25) is 0 Å². The first-order valence-corrected chi connectivity index (χ1v) is 12.4. The van der Waals surface area contributed by atoms with Gasteiger partial charge in [-0.2, -0.15) is 0 Å². The van der Waals surface area contributed by atoms with Crippen LogP contribution in [0.5, 0.6) is 0 Å². The Morgan fingerprint density at radius 2 is 1.77 bits per heavy atom. The second-order valence-electron chi connectivity index (χ2n) is 8.26. The van der Waals surface area contributed by atoms with E-state index in [-0.39, 0.29) is 42.3 Å². The highest BCUT2D eigenvalue weighted by Crippen LogP contribution is 2.22. The molecule has 0 unspecified atom stereocenters. The Morgan fingerprint density at radius 3 is 2.45 bits per heavy atom. The molecule has 0 spiro atoms. The molecule has 1 aliphatic carbocycles. The number of sulfonamides is 1. The maximum atomic E-state index is 13.0. The van der Waals surface area contributed by atoms with E-state index in [2.05, 4.69) is 15.4 Å². The molecular formula is C21H32FN3O5S. The first-order valence-electron chi connectivity index (χ1n) is 11.0. The van der Waals surface area contributed by atoms with E-state index in [1.807, 2.05) is 0 Å². The van der Waals surface area contributed by atoms with Crippen LogP contribution in [0.15, 0.2) is 29.2 Å². The van der Waals surface area contributed by atoms with Gasteiger partial charge >= 0.3 is 6.03 Å². The van der Waals surface area contributed by atoms with Gasteiger partial charge in [-0.1, -0.05) is 19.3 Å². The fraction of sp³-hybridized carbons (Fsp3) is 0.667. The third-order valence-electron chi connectivity index (χ3n) is 5.93. The fourth-order valence-electron chi connectivity index (χ4n) is 4.20. The summed E-state index contributed by atoms with van der Waals surface area (Å²) < 4.78 is 45.9. The highest BCUT2D eigenvalue weighted by molar-refractivity contribution is 7.89. The maximum absolute atomic E-state index is 13.0. The van der Waals surface area contributed by atoms with E-state index in [9.17, 15) is 22.7 Å². The number of hydrogen-bond acceptors (Lipinski definition) is 5. The topological polar surface area (TPSA) is 117 Å². The fourth-order valence-corrected chi connectivity index (χ4v) is 5.25. The van der Waals surface area contributed by atoms with Gasteiger partial charge in [-0.15, -0.1) is 0 Å². The van der Waals surface area contributed by atoms with Gasteiger partial charge in [0.15, 0.2) is 0 Å². The normalized spacial score (nSPS) is 25.2. The van der Waals surface area contributed by atoms with Crippen LogP contribution in [-0.2, 0) is 14.8 Å². The van der Waals surface area contributed by atoms with E-state index in [1.54, 1.807) is 0 Å². The van der Waals surface area contributed by atoms with Gasteiger partial charge in [0.2, 0.25) is 10.0 Å². The van der Waals surface area contributed by atoms with Crippen molar-refractivity contribution in [3.8, 4) is 0 Å². The quantitative estimate of drug-likeness (QED) is 0.477. The van der Waals surface area contributed by atoms with Crippen LogP contribution in [0.4, 0.5) is 9.18 Å². The zero-order valence-corrected chi connectivity index (χ0v) is 18.4. The third-order valence-corrected chi connectivity index (χ3v) is 7.41. The van der Waals surface area contributed by atoms with Gasteiger partial charge in [-0.05, 0) is 56.4 Å². The van der Waals surface area contributed by atoms with Gasteiger partial charge in [0.1, 0.15) is 11.9 Å². The summed E-state index contributed by atoms with van der Waals surface area (Å²) in [4.78, 5) is 12.3. The molecule has 1 aromatic carbocycles. The van der Waals surface area contributed by atoms with Crippen LogP contribution < -0.4 is 15.4 Å². The van der Waals surface area contributed by atoms with Gasteiger partial charge in [0.25, 0.3) is 0 Å². The molecule has 2 fully saturated rings. The van der Waals surface area contributed by atoms with Crippen LogP contribution in [0.3, 0.4) is 0 Å². The second kappa shape index (κ2) is 11.2. The average molecular weight is 458 g/mol. The molecule has 0 bridgehead atoms. The van der Waals surface area contributed by atoms with Crippen molar-refractivity contribution in [1.82, 2.24) is 15.4 Å². The number of ether oxygens (including phenoxy) is 1. The van der Waals surface area contributed by atoms with E-state index in [0.717, 1.165) is 37.8 Å². The van der Waals surface area contributed by atoms with Gasteiger partial charge in [0, 0.05) is 12.6 Å². The molecule has 4 N–H and O–H groups in total. The number of benzene rings is 1. The molecule has 1 heterocycles. The third kappa shape index (κ3) is 7.13. The second-order valence-corrected chi connectivity index (χ2v) is 10.0. The first-order chi connectivity index (χ1) is 14.9. The molecule has 0 radical (unpaired) electrons. The lowest BCUT2D eigenvalue weighted by atomic mass is 9.95. The molecular weight excluding hydrogens is 425 g/mol. The van der Waals surface area contributed by atoms with Crippen molar-refractivity contribution in [3.63, 3.8) is 0 Å². The first kappa shape index (κ1) is 23.9. The SMILES string of the molecule is O=C(NC1CCCCC1)N[C@@H]1CC[C@H](CCNS(=O)(=O)c2ccc(F)cc2)O[C@H]1CO. The van der Waals surface area contributed by atoms with Crippen LogP contribution in [0.1, 0.15) is 51.4 Å². The van der Waals surface area contributed by atoms with E-state index in [4.69, 9.17) is 4.74 Å². The Hall–Kier alpha value is -1.75. The molecule has 1 saturated carbocycles. The molecule has 8 nitrogen and oxygen atoms in total. The lowest BCUT2D eigenvalue weighted by molar-refractivity contribution is -0.0887. The molecule has 10 heteroatoms. The molecule has 1 aliphatic heterocycles. The summed E-state index contributed by atoms with van der Waals surface area (Å²) in [6.07, 6.45) is 6.40. The van der Waals surface area contributed by atoms with Crippen LogP contribution in [0.2, 0.25) is 0 Å². The molecule has 31 heavy (non-hydrogen) atoms. The monoisotopic (exact) mass is 457 g/mol. The van der Waals surface area contributed by atoms with E-state index in [0.29, 0.717) is 19.3 Å². The number of aliphatic hydroxyl groups excluding tert-OH is 1. The number of aliphatic hydroxyl groups is 1. The molecule has 1 aromatic rings. The number of amides is 2. The van der Waals surface area contributed by atoms with Crippen LogP contribution in [0, 0.1) is 5.82 Å². The van der Waals surface area contributed by atoms with Crippen molar-refractivity contribution < 1.29 is 27.4 Å². The average Bonchev–Trinajstić information content (AvgIpc) is 2.75. The van der Waals surface area contributed by atoms with Crippen molar-refractivity contribution in [2.24, 2.45) is 0 Å². The van der Waals surface area contributed by atoms with Crippen molar-refractivity contribution in [2.75, 3.05) is 13.2 Å². The van der Waals surface area contributed by atoms with Crippen LogP contribution >= 0.6 is 0 Å². The lowest BCUT2D eigenvalue weighted by Crippen LogP contribution is -2.55. The molecule has 0 aromatic heterocycles. The minimum Gasteiger partial charge on any atom is -0.394 e. The predicted octanol–water partition coefficient (Wildman–Crippen LogP) is 2.03. The number of urea groups is 1. The Morgan fingerprint density at radius 1 is 1.06 bits per heavy atom. The smallest absolute Gasteiger partial charge is 0.315 e. The summed E-state index contributed by atoms with van der Waals surface area (Å²) in [6, 6.07) is 4.30. The highest BCUT2D eigenvalue weighted by atomic mass is 32.2. The largest absolute Gasteiger partial charge is 0.394 e. The number of carbonyl (C=O) groups excluding carboxylic acids is 1. The number of halogens is 1. The van der Waals surface area contributed by atoms with Gasteiger partial charge < -0.3 is 20.5 Å².